The summed E-state index contributed by atoms with van der Waals surface area (Å²) in [6.07, 6.45) is 6.23. The van der Waals surface area contributed by atoms with Crippen LogP contribution >= 0.6 is 24.0 Å². The van der Waals surface area contributed by atoms with Gasteiger partial charge in [0.05, 0.1) is 0 Å². The SMILES string of the molecule is CCCCC(CNC(=O)OC(C)(C)C)NC(=NCCCCn1ccccc1=O)NCC.I. The van der Waals surface area contributed by atoms with Crippen molar-refractivity contribution in [3.05, 3.63) is 34.7 Å². The van der Waals surface area contributed by atoms with Crippen molar-refractivity contribution in [1.29, 1.82) is 0 Å². The van der Waals surface area contributed by atoms with Crippen molar-refractivity contribution >= 4 is 36.0 Å². The molecule has 184 valence electrons. The molecule has 9 heteroatoms. The number of ether oxygens (including phenoxy) is 1. The molecule has 0 aliphatic carbocycles. The molecule has 0 radical (unpaired) electrons. The molecule has 0 fully saturated rings. The molecule has 0 aliphatic rings. The molecular formula is C23H42IN5O3. The molecule has 1 amide bonds. The highest BCUT2D eigenvalue weighted by Crippen LogP contribution is 2.07. The van der Waals surface area contributed by atoms with Crippen LogP contribution in [0.1, 0.15) is 66.7 Å². The summed E-state index contributed by atoms with van der Waals surface area (Å²) in [5.74, 6) is 0.742. The molecule has 0 bridgehead atoms. The minimum atomic E-state index is -0.516. The van der Waals surface area contributed by atoms with Crippen LogP contribution in [-0.4, -0.2) is 47.9 Å². The lowest BCUT2D eigenvalue weighted by Crippen LogP contribution is -2.49. The Labute approximate surface area is 210 Å². The first-order valence-corrected chi connectivity index (χ1v) is 11.4. The number of aliphatic imine (C=N–C) groups is 1. The lowest BCUT2D eigenvalue weighted by molar-refractivity contribution is 0.0522. The Morgan fingerprint density at radius 3 is 2.53 bits per heavy atom. The highest BCUT2D eigenvalue weighted by atomic mass is 127. The number of rotatable bonds is 12. The Kier molecular flexibility index (Phi) is 15.9. The van der Waals surface area contributed by atoms with Gasteiger partial charge in [-0.1, -0.05) is 25.8 Å². The van der Waals surface area contributed by atoms with E-state index in [-0.39, 0.29) is 35.6 Å². The average Bonchev–Trinajstić information content (AvgIpc) is 2.69. The van der Waals surface area contributed by atoms with E-state index < -0.39 is 11.7 Å². The predicted octanol–water partition coefficient (Wildman–Crippen LogP) is 3.89. The molecular weight excluding hydrogens is 521 g/mol. The minimum Gasteiger partial charge on any atom is -0.444 e. The molecule has 1 atom stereocenters. The van der Waals surface area contributed by atoms with E-state index in [0.717, 1.165) is 44.6 Å². The average molecular weight is 564 g/mol. The van der Waals surface area contributed by atoms with Gasteiger partial charge in [-0.15, -0.1) is 24.0 Å². The van der Waals surface area contributed by atoms with Gasteiger partial charge in [0.15, 0.2) is 5.96 Å². The van der Waals surface area contributed by atoms with Gasteiger partial charge < -0.3 is 25.3 Å². The predicted molar refractivity (Wildman–Crippen MR) is 142 cm³/mol. The van der Waals surface area contributed by atoms with Crippen LogP contribution in [0.4, 0.5) is 4.79 Å². The van der Waals surface area contributed by atoms with Crippen molar-refractivity contribution in [2.24, 2.45) is 4.99 Å². The standard InChI is InChI=1S/C23H41N5O3.HI/c1-6-8-13-19(18-26-22(30)31-23(3,4)5)27-21(24-7-2)25-15-10-12-17-28-16-11-9-14-20(28)29;/h9,11,14,16,19H,6-8,10,12-13,15,17-18H2,1-5H3,(H,26,30)(H2,24,25,27);1H. The summed E-state index contributed by atoms with van der Waals surface area (Å²) in [5, 5.41) is 9.57. The van der Waals surface area contributed by atoms with Gasteiger partial charge in [0, 0.05) is 44.5 Å². The Morgan fingerprint density at radius 1 is 1.16 bits per heavy atom. The number of pyridine rings is 1. The fourth-order valence-electron chi connectivity index (χ4n) is 2.94. The summed E-state index contributed by atoms with van der Waals surface area (Å²) < 4.78 is 7.05. The quantitative estimate of drug-likeness (QED) is 0.155. The number of carbonyl (C=O) groups is 1. The van der Waals surface area contributed by atoms with Gasteiger partial charge in [0.25, 0.3) is 0 Å². The number of aromatic nitrogens is 1. The molecule has 1 aromatic heterocycles. The van der Waals surface area contributed by atoms with Gasteiger partial charge in [-0.3, -0.25) is 9.79 Å². The molecule has 0 saturated carbocycles. The van der Waals surface area contributed by atoms with E-state index in [2.05, 4.69) is 27.9 Å². The van der Waals surface area contributed by atoms with E-state index in [1.165, 1.54) is 0 Å². The number of hydrogen-bond acceptors (Lipinski definition) is 4. The van der Waals surface area contributed by atoms with Crippen LogP contribution in [0, 0.1) is 0 Å². The third-order valence-electron chi connectivity index (χ3n) is 4.46. The van der Waals surface area contributed by atoms with Crippen molar-refractivity contribution in [1.82, 2.24) is 20.5 Å². The summed E-state index contributed by atoms with van der Waals surface area (Å²) >= 11 is 0. The van der Waals surface area contributed by atoms with E-state index >= 15 is 0 Å². The number of hydrogen-bond donors (Lipinski definition) is 3. The second-order valence-corrected chi connectivity index (χ2v) is 8.57. The van der Waals surface area contributed by atoms with Crippen molar-refractivity contribution in [3.63, 3.8) is 0 Å². The number of nitrogens with zero attached hydrogens (tertiary/aromatic N) is 2. The number of halogens is 1. The van der Waals surface area contributed by atoms with Gasteiger partial charge in [-0.25, -0.2) is 4.79 Å². The first kappa shape index (κ1) is 30.2. The van der Waals surface area contributed by atoms with Crippen molar-refractivity contribution in [3.8, 4) is 0 Å². The van der Waals surface area contributed by atoms with Gasteiger partial charge >= 0.3 is 6.09 Å². The van der Waals surface area contributed by atoms with Crippen LogP contribution in [0.2, 0.25) is 0 Å². The second-order valence-electron chi connectivity index (χ2n) is 8.57. The van der Waals surface area contributed by atoms with Crippen LogP contribution in [0.25, 0.3) is 0 Å². The summed E-state index contributed by atoms with van der Waals surface area (Å²) in [6, 6.07) is 5.26. The highest BCUT2D eigenvalue weighted by Gasteiger charge is 2.18. The molecule has 1 rings (SSSR count). The molecule has 1 aromatic rings. The fourth-order valence-corrected chi connectivity index (χ4v) is 2.94. The van der Waals surface area contributed by atoms with E-state index in [1.807, 2.05) is 40.0 Å². The zero-order valence-electron chi connectivity index (χ0n) is 20.3. The largest absolute Gasteiger partial charge is 0.444 e. The Balaban J connectivity index is 0.00000961. The number of aryl methyl sites for hydroxylation is 1. The second kappa shape index (κ2) is 16.8. The first-order chi connectivity index (χ1) is 14.7. The highest BCUT2D eigenvalue weighted by molar-refractivity contribution is 14.0. The number of unbranched alkanes of at least 4 members (excludes halogenated alkanes) is 2. The summed E-state index contributed by atoms with van der Waals surface area (Å²) in [6.45, 7) is 12.3. The van der Waals surface area contributed by atoms with Crippen molar-refractivity contribution < 1.29 is 9.53 Å². The van der Waals surface area contributed by atoms with Crippen LogP contribution < -0.4 is 21.5 Å². The van der Waals surface area contributed by atoms with Gasteiger partial charge in [0.2, 0.25) is 5.56 Å². The van der Waals surface area contributed by atoms with Crippen LogP contribution in [0.15, 0.2) is 34.2 Å². The molecule has 0 aromatic carbocycles. The molecule has 32 heavy (non-hydrogen) atoms. The number of nitrogens with one attached hydrogen (secondary N) is 3. The smallest absolute Gasteiger partial charge is 0.407 e. The summed E-state index contributed by atoms with van der Waals surface area (Å²) in [5.41, 5.74) is -0.491. The molecule has 0 aliphatic heterocycles. The van der Waals surface area contributed by atoms with Gasteiger partial charge in [0.1, 0.15) is 5.60 Å². The van der Waals surface area contributed by atoms with E-state index in [1.54, 1.807) is 16.7 Å². The lowest BCUT2D eigenvalue weighted by Gasteiger charge is -2.24. The van der Waals surface area contributed by atoms with Crippen LogP contribution in [-0.2, 0) is 11.3 Å². The zero-order valence-corrected chi connectivity index (χ0v) is 22.6. The van der Waals surface area contributed by atoms with Crippen LogP contribution in [0.5, 0.6) is 0 Å². The van der Waals surface area contributed by atoms with E-state index in [9.17, 15) is 9.59 Å². The van der Waals surface area contributed by atoms with Gasteiger partial charge in [-0.2, -0.15) is 0 Å². The third-order valence-corrected chi connectivity index (χ3v) is 4.46. The molecule has 0 saturated heterocycles. The molecule has 3 N–H and O–H groups in total. The first-order valence-electron chi connectivity index (χ1n) is 11.4. The maximum Gasteiger partial charge on any atom is 0.407 e. The maximum absolute atomic E-state index is 12.0. The number of alkyl carbamates (subject to hydrolysis) is 1. The molecule has 0 spiro atoms. The number of amides is 1. The Hall–Kier alpha value is -1.78. The lowest BCUT2D eigenvalue weighted by atomic mass is 10.1. The van der Waals surface area contributed by atoms with Crippen molar-refractivity contribution in [2.45, 2.75) is 84.9 Å². The molecule has 1 unspecified atom stereocenters. The monoisotopic (exact) mass is 563 g/mol. The molecule has 1 heterocycles. The van der Waals surface area contributed by atoms with Crippen molar-refractivity contribution in [2.75, 3.05) is 19.6 Å². The summed E-state index contributed by atoms with van der Waals surface area (Å²) in [4.78, 5) is 28.4. The van der Waals surface area contributed by atoms with Gasteiger partial charge in [-0.05, 0) is 53.0 Å². The zero-order chi connectivity index (χ0) is 23.1. The Morgan fingerprint density at radius 2 is 1.91 bits per heavy atom. The number of guanidine groups is 1. The van der Waals surface area contributed by atoms with Crippen LogP contribution in [0.3, 0.4) is 0 Å². The number of carbonyl (C=O) groups excluding carboxylic acids is 1. The van der Waals surface area contributed by atoms with E-state index in [4.69, 9.17) is 4.74 Å². The third kappa shape index (κ3) is 14.3. The maximum atomic E-state index is 12.0. The normalized spacial score (nSPS) is 12.5. The Bertz CT molecular complexity index is 731. The fraction of sp³-hybridized carbons (Fsp3) is 0.696. The summed E-state index contributed by atoms with van der Waals surface area (Å²) in [7, 11) is 0. The topological polar surface area (TPSA) is 96.8 Å². The minimum absolute atomic E-state index is 0. The van der Waals surface area contributed by atoms with E-state index in [0.29, 0.717) is 19.6 Å². The molecule has 8 nitrogen and oxygen atoms in total.